The van der Waals surface area contributed by atoms with Gasteiger partial charge in [0.2, 0.25) is 5.82 Å². The Morgan fingerprint density at radius 3 is 2.21 bits per heavy atom. The third-order valence-corrected chi connectivity index (χ3v) is 1.53. The molecule has 0 aliphatic heterocycles. The molecule has 0 fully saturated rings. The van der Waals surface area contributed by atoms with Gasteiger partial charge in [0.25, 0.3) is 11.9 Å². The zero-order valence-electron chi connectivity index (χ0n) is 6.63. The van der Waals surface area contributed by atoms with Crippen LogP contribution in [-0.2, 0) is 0 Å². The monoisotopic (exact) mass is 200 g/mol. The van der Waals surface area contributed by atoms with Crippen molar-refractivity contribution in [3.8, 4) is 11.4 Å². The van der Waals surface area contributed by atoms with Crippen LogP contribution in [0.4, 0.5) is 13.2 Å². The molecule has 0 bridgehead atoms. The van der Waals surface area contributed by atoms with E-state index in [2.05, 4.69) is 20.2 Å². The number of aromatic amines is 1. The zero-order valence-corrected chi connectivity index (χ0v) is 6.63. The van der Waals surface area contributed by atoms with E-state index in [0.717, 1.165) is 0 Å². The summed E-state index contributed by atoms with van der Waals surface area (Å²) in [5.74, 6) is -4.98. The van der Waals surface area contributed by atoms with Gasteiger partial charge >= 0.3 is 0 Å². The summed E-state index contributed by atoms with van der Waals surface area (Å²) in [7, 11) is 0. The normalized spacial score (nSPS) is 10.5. The summed E-state index contributed by atoms with van der Waals surface area (Å²) in [5, 5.41) is 5.95. The molecule has 2 heterocycles. The van der Waals surface area contributed by atoms with Gasteiger partial charge in [0.1, 0.15) is 0 Å². The molecule has 0 atom stereocenters. The largest absolute Gasteiger partial charge is 0.285 e. The molecule has 2 rings (SSSR count). The molecule has 1 N–H and O–H groups in total. The number of halogens is 3. The Bertz CT molecular complexity index is 431. The fourth-order valence-electron chi connectivity index (χ4n) is 0.897. The first-order valence-corrected chi connectivity index (χ1v) is 3.56. The highest BCUT2D eigenvalue weighted by Crippen LogP contribution is 2.15. The highest BCUT2D eigenvalue weighted by Gasteiger charge is 2.15. The molecule has 0 aromatic carbocycles. The standard InChI is InChI=1S/C7H3F3N4/c8-4-5(9)13-7(14-6(4)10)3-1-11-12-2-3/h1-2H,(H,11,12). The SMILES string of the molecule is Fc1nc(-c2cn[nH]c2)nc(F)c1F. The van der Waals surface area contributed by atoms with Gasteiger partial charge in [0.05, 0.1) is 11.8 Å². The Labute approximate surface area is 75.8 Å². The van der Waals surface area contributed by atoms with Gasteiger partial charge in [0.15, 0.2) is 5.82 Å². The number of hydrogen-bond donors (Lipinski definition) is 1. The highest BCUT2D eigenvalue weighted by molar-refractivity contribution is 5.51. The summed E-state index contributed by atoms with van der Waals surface area (Å²) in [5.41, 5.74) is 0.280. The van der Waals surface area contributed by atoms with Crippen LogP contribution in [-0.4, -0.2) is 20.2 Å². The summed E-state index contributed by atoms with van der Waals surface area (Å²) in [6.45, 7) is 0. The van der Waals surface area contributed by atoms with Crippen LogP contribution in [0.5, 0.6) is 0 Å². The van der Waals surface area contributed by atoms with E-state index >= 15 is 0 Å². The third-order valence-electron chi connectivity index (χ3n) is 1.53. The lowest BCUT2D eigenvalue weighted by Gasteiger charge is -1.97. The Morgan fingerprint density at radius 1 is 1.07 bits per heavy atom. The van der Waals surface area contributed by atoms with Gasteiger partial charge in [-0.25, -0.2) is 0 Å². The van der Waals surface area contributed by atoms with Gasteiger partial charge < -0.3 is 0 Å². The molecule has 0 radical (unpaired) electrons. The summed E-state index contributed by atoms with van der Waals surface area (Å²) in [4.78, 5) is 6.25. The lowest BCUT2D eigenvalue weighted by molar-refractivity contribution is 0.408. The van der Waals surface area contributed by atoms with Crippen LogP contribution in [0, 0.1) is 17.7 Å². The molecule has 2 aromatic rings. The summed E-state index contributed by atoms with van der Waals surface area (Å²) in [6.07, 6.45) is 2.61. The molecule has 14 heavy (non-hydrogen) atoms. The van der Waals surface area contributed by atoms with Crippen LogP contribution in [0.15, 0.2) is 12.4 Å². The summed E-state index contributed by atoms with van der Waals surface area (Å²) < 4.78 is 37.7. The van der Waals surface area contributed by atoms with E-state index in [9.17, 15) is 13.2 Å². The van der Waals surface area contributed by atoms with Gasteiger partial charge in [0, 0.05) is 6.20 Å². The van der Waals surface area contributed by atoms with Crippen LogP contribution >= 0.6 is 0 Å². The topological polar surface area (TPSA) is 54.5 Å². The maximum absolute atomic E-state index is 12.6. The lowest BCUT2D eigenvalue weighted by Crippen LogP contribution is -2.01. The Hall–Kier alpha value is -1.92. The fraction of sp³-hybridized carbons (Fsp3) is 0. The zero-order chi connectivity index (χ0) is 10.1. The predicted molar refractivity (Wildman–Crippen MR) is 39.5 cm³/mol. The second-order valence-electron chi connectivity index (χ2n) is 2.43. The minimum absolute atomic E-state index is 0.254. The maximum Gasteiger partial charge on any atom is 0.255 e. The number of nitrogens with zero attached hydrogens (tertiary/aromatic N) is 3. The van der Waals surface area contributed by atoms with Crippen LogP contribution < -0.4 is 0 Å². The van der Waals surface area contributed by atoms with E-state index in [4.69, 9.17) is 0 Å². The molecule has 72 valence electrons. The third kappa shape index (κ3) is 1.32. The average molecular weight is 200 g/mol. The van der Waals surface area contributed by atoms with E-state index in [1.165, 1.54) is 12.4 Å². The second-order valence-corrected chi connectivity index (χ2v) is 2.43. The predicted octanol–water partition coefficient (Wildman–Crippen LogP) is 1.28. The van der Waals surface area contributed by atoms with E-state index in [-0.39, 0.29) is 11.4 Å². The quantitative estimate of drug-likeness (QED) is 0.705. The molecule has 7 heteroatoms. The van der Waals surface area contributed by atoms with Crippen LogP contribution in [0.2, 0.25) is 0 Å². The highest BCUT2D eigenvalue weighted by atomic mass is 19.2. The first-order valence-electron chi connectivity index (χ1n) is 3.56. The smallest absolute Gasteiger partial charge is 0.255 e. The van der Waals surface area contributed by atoms with Gasteiger partial charge in [-0.05, 0) is 0 Å². The van der Waals surface area contributed by atoms with Crippen LogP contribution in [0.1, 0.15) is 0 Å². The van der Waals surface area contributed by atoms with Crippen molar-refractivity contribution in [2.45, 2.75) is 0 Å². The molecule has 0 spiro atoms. The van der Waals surface area contributed by atoms with Gasteiger partial charge in [-0.3, -0.25) is 5.10 Å². The molecular formula is C7H3F3N4. The van der Waals surface area contributed by atoms with Gasteiger partial charge in [-0.15, -0.1) is 0 Å². The molecule has 0 saturated heterocycles. The first kappa shape index (κ1) is 8.67. The minimum atomic E-state index is -1.68. The molecule has 0 aliphatic rings. The molecular weight excluding hydrogens is 197 g/mol. The number of aromatic nitrogens is 4. The molecule has 0 amide bonds. The second kappa shape index (κ2) is 3.09. The van der Waals surface area contributed by atoms with Gasteiger partial charge in [-0.1, -0.05) is 0 Å². The van der Waals surface area contributed by atoms with E-state index in [1.54, 1.807) is 0 Å². The summed E-state index contributed by atoms with van der Waals surface area (Å²) >= 11 is 0. The number of rotatable bonds is 1. The van der Waals surface area contributed by atoms with Crippen molar-refractivity contribution in [1.29, 1.82) is 0 Å². The van der Waals surface area contributed by atoms with Crippen molar-refractivity contribution in [2.75, 3.05) is 0 Å². The van der Waals surface area contributed by atoms with Crippen molar-refractivity contribution in [1.82, 2.24) is 20.2 Å². The average Bonchev–Trinajstić information content (AvgIpc) is 2.66. The van der Waals surface area contributed by atoms with Crippen molar-refractivity contribution < 1.29 is 13.2 Å². The Morgan fingerprint density at radius 2 is 1.71 bits per heavy atom. The number of nitrogens with one attached hydrogen (secondary N) is 1. The number of H-pyrrole nitrogens is 1. The molecule has 4 nitrogen and oxygen atoms in total. The van der Waals surface area contributed by atoms with E-state index in [1.807, 2.05) is 0 Å². The maximum atomic E-state index is 12.6. The summed E-state index contributed by atoms with van der Waals surface area (Å²) in [6, 6.07) is 0. The number of hydrogen-bond acceptors (Lipinski definition) is 3. The van der Waals surface area contributed by atoms with Crippen LogP contribution in [0.25, 0.3) is 11.4 Å². The lowest BCUT2D eigenvalue weighted by atomic mass is 10.3. The Kier molecular flexibility index (Phi) is 1.91. The van der Waals surface area contributed by atoms with Crippen molar-refractivity contribution in [2.24, 2.45) is 0 Å². The van der Waals surface area contributed by atoms with Gasteiger partial charge in [-0.2, -0.15) is 28.2 Å². The van der Waals surface area contributed by atoms with Crippen molar-refractivity contribution in [3.63, 3.8) is 0 Å². The van der Waals surface area contributed by atoms with Crippen molar-refractivity contribution in [3.05, 3.63) is 30.1 Å². The minimum Gasteiger partial charge on any atom is -0.285 e. The fourth-order valence-corrected chi connectivity index (χ4v) is 0.897. The molecule has 2 aromatic heterocycles. The van der Waals surface area contributed by atoms with Crippen molar-refractivity contribution >= 4 is 0 Å². The molecule has 0 aliphatic carbocycles. The molecule has 0 unspecified atom stereocenters. The van der Waals surface area contributed by atoms with E-state index < -0.39 is 17.7 Å². The van der Waals surface area contributed by atoms with Crippen LogP contribution in [0.3, 0.4) is 0 Å². The Balaban J connectivity index is 2.57. The first-order chi connectivity index (χ1) is 6.68. The van der Waals surface area contributed by atoms with E-state index in [0.29, 0.717) is 0 Å². The molecule has 0 saturated carbocycles.